The molecule has 4 rings (SSSR count). The van der Waals surface area contributed by atoms with Crippen LogP contribution < -0.4 is 0 Å². The summed E-state index contributed by atoms with van der Waals surface area (Å²) in [5.74, 6) is 0. The number of allylic oxidation sites excluding steroid dienone is 5. The SMILES string of the molecule is CC[Si](CC)(C1C(C)=C(C)C(C)=C1C)C1C=C(c2ccccc2)c2ccccc21. The zero-order chi connectivity index (χ0) is 20.8. The third-order valence-electron chi connectivity index (χ3n) is 8.13. The van der Waals surface area contributed by atoms with E-state index < -0.39 is 8.07 Å². The van der Waals surface area contributed by atoms with E-state index >= 15 is 0 Å². The van der Waals surface area contributed by atoms with E-state index in [1.54, 1.807) is 27.9 Å². The summed E-state index contributed by atoms with van der Waals surface area (Å²) in [4.78, 5) is 0. The predicted octanol–water partition coefficient (Wildman–Crippen LogP) is 8.30. The maximum atomic E-state index is 2.66. The Morgan fingerprint density at radius 1 is 0.724 bits per heavy atom. The van der Waals surface area contributed by atoms with Crippen LogP contribution in [0.2, 0.25) is 17.6 Å². The molecule has 0 saturated carbocycles. The Labute approximate surface area is 178 Å². The van der Waals surface area contributed by atoms with E-state index in [0.717, 1.165) is 0 Å². The van der Waals surface area contributed by atoms with E-state index in [-0.39, 0.29) is 0 Å². The van der Waals surface area contributed by atoms with Crippen molar-refractivity contribution in [1.82, 2.24) is 0 Å². The number of fused-ring (bicyclic) bond motifs is 1. The van der Waals surface area contributed by atoms with Gasteiger partial charge in [0.05, 0.1) is 8.07 Å². The fourth-order valence-corrected chi connectivity index (χ4v) is 12.3. The molecule has 0 saturated heterocycles. The standard InChI is InChI=1S/C28H34Si/c1-7-29(8-2,28-21(5)19(3)20(4)22(28)6)27-18-26(23-14-10-9-11-15-23)24-16-12-13-17-25(24)27/h9-18,27-28H,7-8H2,1-6H3. The van der Waals surface area contributed by atoms with Gasteiger partial charge in [0, 0.05) is 0 Å². The highest BCUT2D eigenvalue weighted by Crippen LogP contribution is 2.57. The molecule has 2 aliphatic rings. The third-order valence-corrected chi connectivity index (χ3v) is 14.5. The van der Waals surface area contributed by atoms with Crippen molar-refractivity contribution in [1.29, 1.82) is 0 Å². The molecule has 0 nitrogen and oxygen atoms in total. The first-order chi connectivity index (χ1) is 14.0. The van der Waals surface area contributed by atoms with Gasteiger partial charge in [-0.25, -0.2) is 0 Å². The average molecular weight is 399 g/mol. The van der Waals surface area contributed by atoms with Gasteiger partial charge in [0.25, 0.3) is 0 Å². The third kappa shape index (κ3) is 2.94. The minimum Gasteiger partial charge on any atom is -0.0712 e. The van der Waals surface area contributed by atoms with Gasteiger partial charge in [-0.15, -0.1) is 0 Å². The van der Waals surface area contributed by atoms with Gasteiger partial charge in [-0.3, -0.25) is 0 Å². The monoisotopic (exact) mass is 398 g/mol. The van der Waals surface area contributed by atoms with Gasteiger partial charge in [-0.1, -0.05) is 97.8 Å². The number of benzene rings is 2. The topological polar surface area (TPSA) is 0 Å². The molecule has 0 radical (unpaired) electrons. The number of rotatable bonds is 5. The summed E-state index contributed by atoms with van der Waals surface area (Å²) in [6, 6.07) is 22.8. The molecule has 1 atom stereocenters. The van der Waals surface area contributed by atoms with E-state index in [1.807, 2.05) is 0 Å². The zero-order valence-electron chi connectivity index (χ0n) is 18.8. The van der Waals surface area contributed by atoms with Crippen LogP contribution in [0.5, 0.6) is 0 Å². The molecule has 150 valence electrons. The van der Waals surface area contributed by atoms with Gasteiger partial charge in [-0.05, 0) is 72.2 Å². The second-order valence-electron chi connectivity index (χ2n) is 9.00. The van der Waals surface area contributed by atoms with Crippen molar-refractivity contribution in [3.8, 4) is 0 Å². The summed E-state index contributed by atoms with van der Waals surface area (Å²) in [5, 5.41) is 0. The van der Waals surface area contributed by atoms with Crippen LogP contribution in [0.4, 0.5) is 0 Å². The number of hydrogen-bond acceptors (Lipinski definition) is 0. The second kappa shape index (κ2) is 7.61. The highest BCUT2D eigenvalue weighted by molar-refractivity contribution is 6.84. The van der Waals surface area contributed by atoms with Crippen molar-refractivity contribution >= 4 is 13.6 Å². The van der Waals surface area contributed by atoms with E-state index in [0.29, 0.717) is 11.1 Å². The molecule has 0 spiro atoms. The van der Waals surface area contributed by atoms with E-state index in [2.05, 4.69) is 102 Å². The summed E-state index contributed by atoms with van der Waals surface area (Å²) in [7, 11) is -1.71. The smallest absolute Gasteiger partial charge is 0.0712 e. The number of hydrogen-bond donors (Lipinski definition) is 0. The molecule has 0 fully saturated rings. The van der Waals surface area contributed by atoms with Crippen molar-refractivity contribution in [3.05, 3.63) is 99.7 Å². The van der Waals surface area contributed by atoms with Crippen molar-refractivity contribution in [2.45, 2.75) is 64.7 Å². The summed E-state index contributed by atoms with van der Waals surface area (Å²) in [5.41, 5.74) is 13.5. The largest absolute Gasteiger partial charge is 0.0768 e. The quantitative estimate of drug-likeness (QED) is 0.444. The van der Waals surface area contributed by atoms with Crippen LogP contribution in [-0.4, -0.2) is 8.07 Å². The Kier molecular flexibility index (Phi) is 5.29. The van der Waals surface area contributed by atoms with Crippen LogP contribution in [0.25, 0.3) is 5.57 Å². The van der Waals surface area contributed by atoms with Gasteiger partial charge in [0.1, 0.15) is 0 Å². The highest BCUT2D eigenvalue weighted by atomic mass is 28.3. The van der Waals surface area contributed by atoms with Crippen molar-refractivity contribution in [3.63, 3.8) is 0 Å². The van der Waals surface area contributed by atoms with E-state index in [1.165, 1.54) is 28.8 Å². The lowest BCUT2D eigenvalue weighted by Gasteiger charge is -2.43. The van der Waals surface area contributed by atoms with Crippen LogP contribution in [0.15, 0.2) is 83.0 Å². The van der Waals surface area contributed by atoms with Crippen LogP contribution >= 0.6 is 0 Å². The molecule has 2 aliphatic carbocycles. The molecule has 2 aromatic carbocycles. The summed E-state index contributed by atoms with van der Waals surface area (Å²) >= 11 is 0. The summed E-state index contributed by atoms with van der Waals surface area (Å²) < 4.78 is 0. The normalized spacial score (nSPS) is 19.8. The second-order valence-corrected chi connectivity index (χ2v) is 14.1. The molecule has 0 N–H and O–H groups in total. The molecule has 0 heterocycles. The lowest BCUT2D eigenvalue weighted by Crippen LogP contribution is -2.45. The first-order valence-corrected chi connectivity index (χ1v) is 13.7. The molecule has 0 aliphatic heterocycles. The summed E-state index contributed by atoms with van der Waals surface area (Å²) in [6.45, 7) is 14.4. The fourth-order valence-electron chi connectivity index (χ4n) is 6.19. The maximum Gasteiger partial charge on any atom is 0.0768 e. The Hall–Kier alpha value is -2.12. The molecule has 0 aromatic heterocycles. The van der Waals surface area contributed by atoms with Gasteiger partial charge in [0.15, 0.2) is 0 Å². The van der Waals surface area contributed by atoms with E-state index in [9.17, 15) is 0 Å². The Morgan fingerprint density at radius 2 is 1.28 bits per heavy atom. The molecule has 29 heavy (non-hydrogen) atoms. The molecule has 1 heteroatoms. The van der Waals surface area contributed by atoms with Crippen molar-refractivity contribution < 1.29 is 0 Å². The minimum absolute atomic E-state index is 0.581. The molecular formula is C28H34Si. The van der Waals surface area contributed by atoms with Gasteiger partial charge in [0.2, 0.25) is 0 Å². The first-order valence-electron chi connectivity index (χ1n) is 11.2. The predicted molar refractivity (Wildman–Crippen MR) is 130 cm³/mol. The average Bonchev–Trinajstić information content (AvgIpc) is 3.24. The fraction of sp³-hybridized carbons (Fsp3) is 0.357. The molecule has 0 bridgehead atoms. The molecule has 2 aromatic rings. The van der Waals surface area contributed by atoms with Gasteiger partial charge < -0.3 is 0 Å². The van der Waals surface area contributed by atoms with Gasteiger partial charge >= 0.3 is 0 Å². The lowest BCUT2D eigenvalue weighted by atomic mass is 9.99. The van der Waals surface area contributed by atoms with Crippen LogP contribution in [-0.2, 0) is 0 Å². The van der Waals surface area contributed by atoms with E-state index in [4.69, 9.17) is 0 Å². The van der Waals surface area contributed by atoms with Crippen molar-refractivity contribution in [2.24, 2.45) is 0 Å². The van der Waals surface area contributed by atoms with Crippen LogP contribution in [0.3, 0.4) is 0 Å². The highest BCUT2D eigenvalue weighted by Gasteiger charge is 2.50. The zero-order valence-corrected chi connectivity index (χ0v) is 19.8. The molecular weight excluding hydrogens is 364 g/mol. The van der Waals surface area contributed by atoms with Gasteiger partial charge in [-0.2, -0.15) is 0 Å². The Balaban J connectivity index is 1.92. The van der Waals surface area contributed by atoms with Crippen LogP contribution in [0.1, 0.15) is 63.8 Å². The molecule has 0 amide bonds. The maximum absolute atomic E-state index is 2.66. The molecule has 1 unspecified atom stereocenters. The minimum atomic E-state index is -1.71. The van der Waals surface area contributed by atoms with Crippen LogP contribution in [0, 0.1) is 0 Å². The lowest BCUT2D eigenvalue weighted by molar-refractivity contribution is 0.945. The Bertz CT molecular complexity index is 991. The summed E-state index contributed by atoms with van der Waals surface area (Å²) in [6.07, 6.45) is 2.66. The van der Waals surface area contributed by atoms with Crippen molar-refractivity contribution in [2.75, 3.05) is 0 Å². The Morgan fingerprint density at radius 3 is 1.86 bits per heavy atom. The first kappa shape index (κ1) is 20.2.